The number of carbonyl (C=O) groups excluding carboxylic acids is 1. The van der Waals surface area contributed by atoms with Crippen molar-refractivity contribution < 1.29 is 9.53 Å². The molecule has 0 saturated heterocycles. The highest BCUT2D eigenvalue weighted by atomic mass is 16.6. The molecule has 0 aromatic carbocycles. The molecule has 92 valence electrons. The van der Waals surface area contributed by atoms with E-state index in [-0.39, 0.29) is 12.4 Å². The van der Waals surface area contributed by atoms with Crippen LogP contribution in [0, 0.1) is 0 Å². The summed E-state index contributed by atoms with van der Waals surface area (Å²) in [5, 5.41) is 0. The summed E-state index contributed by atoms with van der Waals surface area (Å²) < 4.78 is 5.21. The fraction of sp³-hybridized carbons (Fsp3) is 0.462. The van der Waals surface area contributed by atoms with Gasteiger partial charge in [-0.3, -0.25) is 4.79 Å². The van der Waals surface area contributed by atoms with Crippen molar-refractivity contribution in [2.45, 2.75) is 39.7 Å². The second kappa shape index (κ2) is 5.08. The van der Waals surface area contributed by atoms with E-state index in [0.717, 1.165) is 11.1 Å². The van der Waals surface area contributed by atoms with Crippen molar-refractivity contribution >= 4 is 11.5 Å². The summed E-state index contributed by atoms with van der Waals surface area (Å²) in [5.74, 6) is 0.321. The summed E-state index contributed by atoms with van der Waals surface area (Å²) in [5.41, 5.74) is 1.08. The van der Waals surface area contributed by atoms with Crippen molar-refractivity contribution in [3.05, 3.63) is 30.4 Å². The van der Waals surface area contributed by atoms with Crippen LogP contribution in [0.5, 0.6) is 0 Å². The smallest absolute Gasteiger partial charge is 0.310 e. The molecule has 0 aliphatic carbocycles. The van der Waals surface area contributed by atoms with E-state index in [4.69, 9.17) is 4.74 Å². The molecule has 1 heterocycles. The Labute approximate surface area is 102 Å². The molecule has 0 radical (unpaired) electrons. The Bertz CT molecular complexity index is 416. The number of nitrogens with zero attached hydrogens (tertiary/aromatic N) is 2. The van der Waals surface area contributed by atoms with Crippen LogP contribution in [-0.4, -0.2) is 21.5 Å². The van der Waals surface area contributed by atoms with Crippen molar-refractivity contribution in [1.82, 2.24) is 9.97 Å². The maximum Gasteiger partial charge on any atom is 0.310 e. The van der Waals surface area contributed by atoms with Gasteiger partial charge in [-0.25, -0.2) is 9.97 Å². The number of allylic oxidation sites excluding steroid dienone is 1. The van der Waals surface area contributed by atoms with Crippen LogP contribution >= 0.6 is 0 Å². The summed E-state index contributed by atoms with van der Waals surface area (Å²) in [4.78, 5) is 19.8. The van der Waals surface area contributed by atoms with Gasteiger partial charge in [0, 0.05) is 12.4 Å². The molecule has 1 aromatic heterocycles. The first-order chi connectivity index (χ1) is 7.78. The summed E-state index contributed by atoms with van der Waals surface area (Å²) >= 11 is 0. The zero-order chi connectivity index (χ0) is 13.1. The van der Waals surface area contributed by atoms with Gasteiger partial charge >= 0.3 is 5.97 Å². The summed E-state index contributed by atoms with van der Waals surface area (Å²) in [6, 6.07) is 0. The van der Waals surface area contributed by atoms with Crippen LogP contribution in [0.2, 0.25) is 0 Å². The SMILES string of the molecule is C=C(C)c1ncc(CC(=O)OC(C)(C)C)cn1. The van der Waals surface area contributed by atoms with E-state index in [2.05, 4.69) is 16.5 Å². The van der Waals surface area contributed by atoms with E-state index < -0.39 is 5.60 Å². The molecule has 17 heavy (non-hydrogen) atoms. The molecule has 0 N–H and O–H groups in total. The van der Waals surface area contributed by atoms with E-state index in [9.17, 15) is 4.79 Å². The van der Waals surface area contributed by atoms with Gasteiger partial charge in [-0.1, -0.05) is 6.58 Å². The fourth-order valence-corrected chi connectivity index (χ4v) is 1.21. The monoisotopic (exact) mass is 234 g/mol. The third-order valence-electron chi connectivity index (χ3n) is 1.86. The quantitative estimate of drug-likeness (QED) is 0.753. The minimum absolute atomic E-state index is 0.188. The zero-order valence-electron chi connectivity index (χ0n) is 10.8. The maximum atomic E-state index is 11.6. The molecular weight excluding hydrogens is 216 g/mol. The average molecular weight is 234 g/mol. The van der Waals surface area contributed by atoms with E-state index in [1.807, 2.05) is 27.7 Å². The standard InChI is InChI=1S/C13H18N2O2/c1-9(2)12-14-7-10(8-15-12)6-11(16)17-13(3,4)5/h7-8H,1,6H2,2-5H3. The van der Waals surface area contributed by atoms with Crippen molar-refractivity contribution in [3.63, 3.8) is 0 Å². The van der Waals surface area contributed by atoms with Gasteiger partial charge in [-0.05, 0) is 38.8 Å². The molecule has 0 aliphatic rings. The third-order valence-corrected chi connectivity index (χ3v) is 1.86. The fourth-order valence-electron chi connectivity index (χ4n) is 1.21. The molecule has 0 atom stereocenters. The highest BCUT2D eigenvalue weighted by Gasteiger charge is 2.16. The van der Waals surface area contributed by atoms with E-state index in [1.54, 1.807) is 12.4 Å². The first kappa shape index (κ1) is 13.4. The second-order valence-corrected chi connectivity index (χ2v) is 4.96. The van der Waals surface area contributed by atoms with E-state index >= 15 is 0 Å². The molecule has 1 aromatic rings. The predicted molar refractivity (Wildman–Crippen MR) is 66.3 cm³/mol. The van der Waals surface area contributed by atoms with Crippen molar-refractivity contribution in [3.8, 4) is 0 Å². The number of hydrogen-bond donors (Lipinski definition) is 0. The topological polar surface area (TPSA) is 52.1 Å². The minimum Gasteiger partial charge on any atom is -0.460 e. The van der Waals surface area contributed by atoms with Gasteiger partial charge in [-0.15, -0.1) is 0 Å². The number of ether oxygens (including phenoxy) is 1. The van der Waals surface area contributed by atoms with Crippen LogP contribution in [0.3, 0.4) is 0 Å². The lowest BCUT2D eigenvalue weighted by Crippen LogP contribution is -2.25. The number of carbonyl (C=O) groups is 1. The number of hydrogen-bond acceptors (Lipinski definition) is 4. The minimum atomic E-state index is -0.463. The molecule has 0 spiro atoms. The van der Waals surface area contributed by atoms with Gasteiger partial charge in [0.2, 0.25) is 0 Å². The lowest BCUT2D eigenvalue weighted by Gasteiger charge is -2.19. The highest BCUT2D eigenvalue weighted by molar-refractivity contribution is 5.72. The van der Waals surface area contributed by atoms with E-state index in [1.165, 1.54) is 0 Å². The van der Waals surface area contributed by atoms with Crippen LogP contribution in [0.1, 0.15) is 39.1 Å². The molecule has 0 amide bonds. The van der Waals surface area contributed by atoms with Crippen LogP contribution in [0.4, 0.5) is 0 Å². The Morgan fingerprint density at radius 2 is 1.88 bits per heavy atom. The summed E-state index contributed by atoms with van der Waals surface area (Å²) in [7, 11) is 0. The zero-order valence-corrected chi connectivity index (χ0v) is 10.8. The van der Waals surface area contributed by atoms with Gasteiger partial charge < -0.3 is 4.74 Å². The van der Waals surface area contributed by atoms with Gasteiger partial charge in [0.1, 0.15) is 5.60 Å². The molecule has 4 nitrogen and oxygen atoms in total. The lowest BCUT2D eigenvalue weighted by molar-refractivity contribution is -0.153. The van der Waals surface area contributed by atoms with Gasteiger partial charge in [0.25, 0.3) is 0 Å². The first-order valence-corrected chi connectivity index (χ1v) is 5.46. The molecule has 0 saturated carbocycles. The van der Waals surface area contributed by atoms with Crippen LogP contribution in [0.25, 0.3) is 5.57 Å². The van der Waals surface area contributed by atoms with Crippen molar-refractivity contribution in [2.24, 2.45) is 0 Å². The Kier molecular flexibility index (Phi) is 3.99. The number of rotatable bonds is 3. The first-order valence-electron chi connectivity index (χ1n) is 5.46. The molecule has 0 aliphatic heterocycles. The molecule has 0 fully saturated rings. The normalized spacial score (nSPS) is 11.1. The second-order valence-electron chi connectivity index (χ2n) is 4.96. The van der Waals surface area contributed by atoms with Gasteiger partial charge in [-0.2, -0.15) is 0 Å². The summed E-state index contributed by atoms with van der Waals surface area (Å²) in [6.07, 6.45) is 3.44. The van der Waals surface area contributed by atoms with Gasteiger partial charge in [0.05, 0.1) is 6.42 Å². The number of aromatic nitrogens is 2. The van der Waals surface area contributed by atoms with Crippen LogP contribution in [0.15, 0.2) is 19.0 Å². The molecule has 4 heteroatoms. The molecular formula is C13H18N2O2. The average Bonchev–Trinajstić information content (AvgIpc) is 2.15. The largest absolute Gasteiger partial charge is 0.460 e. The van der Waals surface area contributed by atoms with Crippen molar-refractivity contribution in [2.75, 3.05) is 0 Å². The van der Waals surface area contributed by atoms with E-state index in [0.29, 0.717) is 5.82 Å². The predicted octanol–water partition coefficient (Wildman–Crippen LogP) is 2.39. The Morgan fingerprint density at radius 1 is 1.35 bits per heavy atom. The van der Waals surface area contributed by atoms with Crippen molar-refractivity contribution in [1.29, 1.82) is 0 Å². The van der Waals surface area contributed by atoms with Crippen LogP contribution < -0.4 is 0 Å². The molecule has 0 unspecified atom stereocenters. The molecule has 1 rings (SSSR count). The lowest BCUT2D eigenvalue weighted by atomic mass is 10.2. The molecule has 0 bridgehead atoms. The van der Waals surface area contributed by atoms with Gasteiger partial charge in [0.15, 0.2) is 5.82 Å². The Morgan fingerprint density at radius 3 is 2.29 bits per heavy atom. The third kappa shape index (κ3) is 4.76. The van der Waals surface area contributed by atoms with Crippen LogP contribution in [-0.2, 0) is 16.0 Å². The Hall–Kier alpha value is -1.71. The highest BCUT2D eigenvalue weighted by Crippen LogP contribution is 2.10. The summed E-state index contributed by atoms with van der Waals surface area (Å²) in [6.45, 7) is 11.1. The number of esters is 1. The maximum absolute atomic E-state index is 11.6. The Balaban J connectivity index is 2.64.